The van der Waals surface area contributed by atoms with Crippen LogP contribution in [-0.4, -0.2) is 63.2 Å². The zero-order chi connectivity index (χ0) is 28.6. The number of fused-ring (bicyclic) bond motifs is 1. The third-order valence-corrected chi connectivity index (χ3v) is 7.20. The standard InChI is InChI=1S/C30H35N5O6/c1-30(2,3)41-29(37)35-11-5-7-20(14-35)34-27(36)22-13-31-26-24(22)32-17-33-25(26)23-16-39-28(40-23)19-6-4-8-21(12-19)38-15-18-9-10-18/h4,6,8,12-13,16-18,20,28,31H,5,7,9-11,14-15H2,1-3H3,(H,34,36). The van der Waals surface area contributed by atoms with E-state index in [0.29, 0.717) is 47.1 Å². The van der Waals surface area contributed by atoms with Crippen molar-refractivity contribution in [1.29, 1.82) is 0 Å². The normalized spacial score (nSPS) is 20.7. The lowest BCUT2D eigenvalue weighted by atomic mass is 10.1. The van der Waals surface area contributed by atoms with Crippen LogP contribution in [0.5, 0.6) is 5.75 Å². The Morgan fingerprint density at radius 2 is 2.05 bits per heavy atom. The molecule has 2 aromatic heterocycles. The second kappa shape index (κ2) is 10.9. The van der Waals surface area contributed by atoms with Gasteiger partial charge in [0.15, 0.2) is 5.76 Å². The summed E-state index contributed by atoms with van der Waals surface area (Å²) >= 11 is 0. The summed E-state index contributed by atoms with van der Waals surface area (Å²) in [5.41, 5.74) is 2.16. The minimum absolute atomic E-state index is 0.200. The molecule has 2 fully saturated rings. The first kappa shape index (κ1) is 26.9. The van der Waals surface area contributed by atoms with Gasteiger partial charge < -0.3 is 34.1 Å². The molecule has 4 heterocycles. The average molecular weight is 562 g/mol. The van der Waals surface area contributed by atoms with E-state index in [-0.39, 0.29) is 18.0 Å². The van der Waals surface area contributed by atoms with Crippen molar-refractivity contribution in [3.8, 4) is 5.75 Å². The summed E-state index contributed by atoms with van der Waals surface area (Å²) < 4.78 is 23.3. The molecule has 11 nitrogen and oxygen atoms in total. The van der Waals surface area contributed by atoms with Crippen LogP contribution in [0.1, 0.15) is 74.4 Å². The summed E-state index contributed by atoms with van der Waals surface area (Å²) in [4.78, 5) is 39.4. The number of aromatic amines is 1. The quantitative estimate of drug-likeness (QED) is 0.416. The number of H-pyrrole nitrogens is 1. The number of likely N-dealkylation sites (tertiary alicyclic amines) is 1. The van der Waals surface area contributed by atoms with E-state index in [4.69, 9.17) is 18.9 Å². The van der Waals surface area contributed by atoms with Crippen molar-refractivity contribution in [2.75, 3.05) is 19.7 Å². The van der Waals surface area contributed by atoms with Crippen molar-refractivity contribution in [2.45, 2.75) is 64.4 Å². The van der Waals surface area contributed by atoms with Crippen molar-refractivity contribution < 1.29 is 28.5 Å². The van der Waals surface area contributed by atoms with Gasteiger partial charge in [0.25, 0.3) is 12.2 Å². The molecule has 2 N–H and O–H groups in total. The average Bonchev–Trinajstić information content (AvgIpc) is 3.46. The van der Waals surface area contributed by atoms with Crippen molar-refractivity contribution in [1.82, 2.24) is 25.2 Å². The maximum absolute atomic E-state index is 13.3. The number of carbonyl (C=O) groups excluding carboxylic acids is 2. The first-order valence-electron chi connectivity index (χ1n) is 14.1. The number of amides is 2. The van der Waals surface area contributed by atoms with Gasteiger partial charge >= 0.3 is 6.09 Å². The Bertz CT molecular complexity index is 1470. The van der Waals surface area contributed by atoms with Gasteiger partial charge in [0.2, 0.25) is 0 Å². The van der Waals surface area contributed by atoms with E-state index in [2.05, 4.69) is 20.3 Å². The molecule has 2 amide bonds. The maximum atomic E-state index is 13.3. The van der Waals surface area contributed by atoms with Crippen LogP contribution in [0, 0.1) is 5.92 Å². The van der Waals surface area contributed by atoms with E-state index in [1.807, 2.05) is 45.0 Å². The fourth-order valence-corrected chi connectivity index (χ4v) is 4.95. The number of carbonyl (C=O) groups is 2. The van der Waals surface area contributed by atoms with Gasteiger partial charge in [0.05, 0.1) is 17.7 Å². The van der Waals surface area contributed by atoms with Crippen LogP contribution in [-0.2, 0) is 14.2 Å². The molecule has 0 spiro atoms. The van der Waals surface area contributed by atoms with Crippen LogP contribution >= 0.6 is 0 Å². The zero-order valence-electron chi connectivity index (χ0n) is 23.5. The van der Waals surface area contributed by atoms with E-state index in [0.717, 1.165) is 30.8 Å². The van der Waals surface area contributed by atoms with Crippen LogP contribution in [0.4, 0.5) is 4.79 Å². The Kier molecular flexibility index (Phi) is 7.19. The van der Waals surface area contributed by atoms with Crippen LogP contribution in [0.2, 0.25) is 0 Å². The van der Waals surface area contributed by atoms with Crippen LogP contribution in [0.25, 0.3) is 16.8 Å². The molecule has 3 aromatic rings. The fraction of sp³-hybridized carbons (Fsp3) is 0.467. The highest BCUT2D eigenvalue weighted by atomic mass is 16.7. The third kappa shape index (κ3) is 6.23. The topological polar surface area (TPSA) is 128 Å². The molecule has 41 heavy (non-hydrogen) atoms. The number of aromatic nitrogens is 3. The molecule has 3 aliphatic rings. The molecule has 1 saturated heterocycles. The second-order valence-electron chi connectivity index (χ2n) is 11.8. The van der Waals surface area contributed by atoms with Crippen molar-refractivity contribution in [2.24, 2.45) is 5.92 Å². The molecule has 1 aromatic carbocycles. The molecule has 11 heteroatoms. The smallest absolute Gasteiger partial charge is 0.410 e. The van der Waals surface area contributed by atoms with Gasteiger partial charge in [0.1, 0.15) is 35.2 Å². The van der Waals surface area contributed by atoms with Gasteiger partial charge in [-0.3, -0.25) is 4.79 Å². The highest BCUT2D eigenvalue weighted by Gasteiger charge is 2.30. The number of rotatable bonds is 7. The molecule has 2 unspecified atom stereocenters. The summed E-state index contributed by atoms with van der Waals surface area (Å²) in [7, 11) is 0. The lowest BCUT2D eigenvalue weighted by molar-refractivity contribution is -0.0173. The molecule has 0 radical (unpaired) electrons. The molecule has 6 rings (SSSR count). The van der Waals surface area contributed by atoms with E-state index in [9.17, 15) is 9.59 Å². The van der Waals surface area contributed by atoms with Gasteiger partial charge in [-0.2, -0.15) is 0 Å². The Morgan fingerprint density at radius 1 is 1.20 bits per heavy atom. The van der Waals surface area contributed by atoms with E-state index >= 15 is 0 Å². The maximum Gasteiger partial charge on any atom is 0.410 e. The Morgan fingerprint density at radius 3 is 2.85 bits per heavy atom. The van der Waals surface area contributed by atoms with Crippen molar-refractivity contribution in [3.63, 3.8) is 0 Å². The highest BCUT2D eigenvalue weighted by Crippen LogP contribution is 2.36. The summed E-state index contributed by atoms with van der Waals surface area (Å²) in [5, 5.41) is 3.05. The Labute approximate surface area is 238 Å². The van der Waals surface area contributed by atoms with Crippen LogP contribution < -0.4 is 10.1 Å². The predicted molar refractivity (Wildman–Crippen MR) is 150 cm³/mol. The second-order valence-corrected chi connectivity index (χ2v) is 11.8. The van der Waals surface area contributed by atoms with Gasteiger partial charge in [-0.25, -0.2) is 14.8 Å². The van der Waals surface area contributed by atoms with Crippen molar-refractivity contribution >= 4 is 28.8 Å². The first-order chi connectivity index (χ1) is 19.7. The van der Waals surface area contributed by atoms with Gasteiger partial charge in [-0.15, -0.1) is 0 Å². The lowest BCUT2D eigenvalue weighted by Gasteiger charge is -2.34. The molecular weight excluding hydrogens is 526 g/mol. The highest BCUT2D eigenvalue weighted by molar-refractivity contribution is 6.06. The number of hydrogen-bond donors (Lipinski definition) is 2. The SMILES string of the molecule is CC(C)(C)OC(=O)N1CCCC(NC(=O)c2c[nH]c3c(C4=COC(c5cccc(OCC6CC6)c5)O4)ncnc23)C1. The molecule has 1 saturated carbocycles. The summed E-state index contributed by atoms with van der Waals surface area (Å²) in [6, 6.07) is 7.49. The minimum Gasteiger partial charge on any atom is -0.493 e. The Hall–Kier alpha value is -4.28. The number of ether oxygens (including phenoxy) is 4. The summed E-state index contributed by atoms with van der Waals surface area (Å²) in [6.45, 7) is 7.22. The Balaban J connectivity index is 1.12. The number of nitrogens with zero attached hydrogens (tertiary/aromatic N) is 3. The van der Waals surface area contributed by atoms with Crippen LogP contribution in [0.15, 0.2) is 43.1 Å². The van der Waals surface area contributed by atoms with Gasteiger partial charge in [-0.1, -0.05) is 12.1 Å². The summed E-state index contributed by atoms with van der Waals surface area (Å²) in [6.07, 6.45) is 7.51. The number of hydrogen-bond acceptors (Lipinski definition) is 8. The molecular formula is C30H35N5O6. The third-order valence-electron chi connectivity index (χ3n) is 7.20. The largest absolute Gasteiger partial charge is 0.493 e. The molecule has 2 atom stereocenters. The van der Waals surface area contributed by atoms with E-state index in [1.165, 1.54) is 25.4 Å². The first-order valence-corrected chi connectivity index (χ1v) is 14.1. The fourth-order valence-electron chi connectivity index (χ4n) is 4.95. The number of piperidine rings is 1. The number of benzene rings is 1. The molecule has 0 bridgehead atoms. The zero-order valence-corrected chi connectivity index (χ0v) is 23.5. The number of nitrogens with one attached hydrogen (secondary N) is 2. The van der Waals surface area contributed by atoms with Crippen molar-refractivity contribution in [3.05, 3.63) is 59.9 Å². The molecule has 1 aliphatic carbocycles. The molecule has 216 valence electrons. The van der Waals surface area contributed by atoms with E-state index in [1.54, 1.807) is 11.1 Å². The predicted octanol–water partition coefficient (Wildman–Crippen LogP) is 4.92. The van der Waals surface area contributed by atoms with E-state index < -0.39 is 11.9 Å². The molecule has 2 aliphatic heterocycles. The van der Waals surface area contributed by atoms with Gasteiger partial charge in [-0.05, 0) is 64.5 Å². The van der Waals surface area contributed by atoms with Gasteiger partial charge in [0, 0.05) is 30.9 Å². The van der Waals surface area contributed by atoms with Crippen LogP contribution in [0.3, 0.4) is 0 Å². The lowest BCUT2D eigenvalue weighted by Crippen LogP contribution is -2.50. The minimum atomic E-state index is -0.642. The monoisotopic (exact) mass is 561 g/mol. The summed E-state index contributed by atoms with van der Waals surface area (Å²) in [5.74, 6) is 1.59.